The lowest BCUT2D eigenvalue weighted by Gasteiger charge is -2.05. The van der Waals surface area contributed by atoms with Crippen molar-refractivity contribution >= 4 is 5.82 Å². The van der Waals surface area contributed by atoms with Crippen molar-refractivity contribution in [3.8, 4) is 18.2 Å². The third-order valence-electron chi connectivity index (χ3n) is 1.91. The van der Waals surface area contributed by atoms with Gasteiger partial charge in [-0.05, 0) is 12.8 Å². The van der Waals surface area contributed by atoms with Crippen LogP contribution in [0.4, 0.5) is 5.82 Å². The van der Waals surface area contributed by atoms with Gasteiger partial charge in [0.15, 0.2) is 0 Å². The van der Waals surface area contributed by atoms with E-state index in [1.807, 2.05) is 0 Å². The lowest BCUT2D eigenvalue weighted by atomic mass is 10.2. The van der Waals surface area contributed by atoms with E-state index in [1.165, 1.54) is 6.33 Å². The van der Waals surface area contributed by atoms with E-state index in [0.29, 0.717) is 5.88 Å². The van der Waals surface area contributed by atoms with Crippen molar-refractivity contribution in [2.75, 3.05) is 19.0 Å². The largest absolute Gasteiger partial charge is 0.481 e. The molecular weight excluding hydrogens is 190 g/mol. The second-order valence-corrected chi connectivity index (χ2v) is 3.03. The minimum absolute atomic E-state index is 0.566. The molecular formula is C11H15N3O. The molecule has 1 rings (SSSR count). The second kappa shape index (κ2) is 6.66. The lowest BCUT2D eigenvalue weighted by molar-refractivity contribution is 0.397. The topological polar surface area (TPSA) is 47.0 Å². The molecule has 1 aromatic heterocycles. The van der Waals surface area contributed by atoms with Gasteiger partial charge in [0.2, 0.25) is 5.88 Å². The molecule has 1 aromatic rings. The van der Waals surface area contributed by atoms with Crippen LogP contribution in [0.3, 0.4) is 0 Å². The molecule has 0 radical (unpaired) electrons. The quantitative estimate of drug-likeness (QED) is 0.567. The standard InChI is InChI=1S/C11H15N3O/c1-3-4-5-6-7-12-10-8-11(15-2)14-9-13-10/h1,8-9H,4-7H2,2H3,(H,12,13,14). The molecule has 0 aliphatic rings. The summed E-state index contributed by atoms with van der Waals surface area (Å²) >= 11 is 0. The predicted molar refractivity (Wildman–Crippen MR) is 59.8 cm³/mol. The summed E-state index contributed by atoms with van der Waals surface area (Å²) in [5, 5.41) is 3.18. The Bertz CT molecular complexity index is 333. The Morgan fingerprint density at radius 3 is 3.07 bits per heavy atom. The van der Waals surface area contributed by atoms with Gasteiger partial charge in [0.1, 0.15) is 12.1 Å². The van der Waals surface area contributed by atoms with Crippen LogP contribution in [0.25, 0.3) is 0 Å². The van der Waals surface area contributed by atoms with Crippen molar-refractivity contribution < 1.29 is 4.74 Å². The van der Waals surface area contributed by atoms with E-state index in [4.69, 9.17) is 11.2 Å². The van der Waals surface area contributed by atoms with Crippen LogP contribution < -0.4 is 10.1 Å². The fourth-order valence-corrected chi connectivity index (χ4v) is 1.12. The molecule has 0 fully saturated rings. The predicted octanol–water partition coefficient (Wildman–Crippen LogP) is 1.70. The van der Waals surface area contributed by atoms with Crippen molar-refractivity contribution in [3.63, 3.8) is 0 Å². The Morgan fingerprint density at radius 2 is 2.33 bits per heavy atom. The summed E-state index contributed by atoms with van der Waals surface area (Å²) in [7, 11) is 1.58. The molecule has 0 aliphatic carbocycles. The van der Waals surface area contributed by atoms with Crippen LogP contribution >= 0.6 is 0 Å². The van der Waals surface area contributed by atoms with Crippen molar-refractivity contribution in [2.24, 2.45) is 0 Å². The average Bonchev–Trinajstić information content (AvgIpc) is 2.29. The first kappa shape index (κ1) is 11.3. The average molecular weight is 205 g/mol. The molecule has 0 unspecified atom stereocenters. The monoisotopic (exact) mass is 205 g/mol. The maximum absolute atomic E-state index is 5.15. The van der Waals surface area contributed by atoms with Crippen LogP contribution in [0, 0.1) is 12.3 Å². The maximum Gasteiger partial charge on any atom is 0.218 e. The van der Waals surface area contributed by atoms with Crippen molar-refractivity contribution in [1.82, 2.24) is 9.97 Å². The highest BCUT2D eigenvalue weighted by molar-refractivity contribution is 5.36. The number of anilines is 1. The van der Waals surface area contributed by atoms with Gasteiger partial charge in [-0.2, -0.15) is 0 Å². The summed E-state index contributed by atoms with van der Waals surface area (Å²) in [6, 6.07) is 1.77. The number of unbranched alkanes of at least 4 members (excludes halogenated alkanes) is 2. The summed E-state index contributed by atoms with van der Waals surface area (Å²) in [6.07, 6.45) is 9.53. The van der Waals surface area contributed by atoms with Crippen LogP contribution in [-0.2, 0) is 0 Å². The number of aromatic nitrogens is 2. The van der Waals surface area contributed by atoms with E-state index >= 15 is 0 Å². The number of nitrogens with zero attached hydrogens (tertiary/aromatic N) is 2. The van der Waals surface area contributed by atoms with Gasteiger partial charge in [0.25, 0.3) is 0 Å². The van der Waals surface area contributed by atoms with Gasteiger partial charge in [-0.1, -0.05) is 0 Å². The number of rotatable bonds is 6. The SMILES string of the molecule is C#CCCCCNc1cc(OC)ncn1. The highest BCUT2D eigenvalue weighted by Gasteiger charge is 1.96. The molecule has 0 saturated heterocycles. The van der Waals surface area contributed by atoms with Gasteiger partial charge in [0, 0.05) is 19.0 Å². The molecule has 4 nitrogen and oxygen atoms in total. The van der Waals surface area contributed by atoms with Gasteiger partial charge in [-0.15, -0.1) is 12.3 Å². The zero-order chi connectivity index (χ0) is 10.9. The first-order valence-corrected chi connectivity index (χ1v) is 4.90. The summed E-state index contributed by atoms with van der Waals surface area (Å²) in [5.41, 5.74) is 0. The van der Waals surface area contributed by atoms with Crippen LogP contribution in [0.1, 0.15) is 19.3 Å². The molecule has 4 heteroatoms. The van der Waals surface area contributed by atoms with Crippen LogP contribution in [0.2, 0.25) is 0 Å². The van der Waals surface area contributed by atoms with Crippen LogP contribution in [0.15, 0.2) is 12.4 Å². The lowest BCUT2D eigenvalue weighted by Crippen LogP contribution is -2.03. The Labute approximate surface area is 90.1 Å². The number of terminal acetylenes is 1. The molecule has 1 N–H and O–H groups in total. The van der Waals surface area contributed by atoms with E-state index in [9.17, 15) is 0 Å². The summed E-state index contributed by atoms with van der Waals surface area (Å²) in [6.45, 7) is 0.863. The minimum atomic E-state index is 0.566. The highest BCUT2D eigenvalue weighted by Crippen LogP contribution is 2.09. The first-order chi connectivity index (χ1) is 7.36. The van der Waals surface area contributed by atoms with E-state index in [2.05, 4.69) is 21.2 Å². The van der Waals surface area contributed by atoms with Gasteiger partial charge >= 0.3 is 0 Å². The summed E-state index contributed by atoms with van der Waals surface area (Å²) < 4.78 is 4.98. The van der Waals surface area contributed by atoms with E-state index < -0.39 is 0 Å². The number of nitrogens with one attached hydrogen (secondary N) is 1. The molecule has 0 saturated carbocycles. The van der Waals surface area contributed by atoms with E-state index in [-0.39, 0.29) is 0 Å². The Balaban J connectivity index is 2.28. The number of hydrogen-bond donors (Lipinski definition) is 1. The second-order valence-electron chi connectivity index (χ2n) is 3.03. The maximum atomic E-state index is 5.15. The molecule has 1 heterocycles. The molecule has 15 heavy (non-hydrogen) atoms. The molecule has 80 valence electrons. The normalized spacial score (nSPS) is 9.33. The van der Waals surface area contributed by atoms with Crippen LogP contribution in [0.5, 0.6) is 5.88 Å². The minimum Gasteiger partial charge on any atom is -0.481 e. The third-order valence-corrected chi connectivity index (χ3v) is 1.91. The molecule has 0 aromatic carbocycles. The van der Waals surface area contributed by atoms with Gasteiger partial charge in [-0.25, -0.2) is 9.97 Å². The zero-order valence-electron chi connectivity index (χ0n) is 8.86. The number of methoxy groups -OCH3 is 1. The number of ether oxygens (including phenoxy) is 1. The third kappa shape index (κ3) is 4.32. The van der Waals surface area contributed by atoms with Gasteiger partial charge in [0.05, 0.1) is 7.11 Å². The zero-order valence-corrected chi connectivity index (χ0v) is 8.86. The van der Waals surface area contributed by atoms with Crippen molar-refractivity contribution in [2.45, 2.75) is 19.3 Å². The molecule has 0 spiro atoms. The highest BCUT2D eigenvalue weighted by atomic mass is 16.5. The van der Waals surface area contributed by atoms with Gasteiger partial charge in [-0.3, -0.25) is 0 Å². The first-order valence-electron chi connectivity index (χ1n) is 4.90. The van der Waals surface area contributed by atoms with E-state index in [0.717, 1.165) is 31.6 Å². The molecule has 0 bridgehead atoms. The summed E-state index contributed by atoms with van der Waals surface area (Å²) in [5.74, 6) is 3.96. The summed E-state index contributed by atoms with van der Waals surface area (Å²) in [4.78, 5) is 7.98. The fraction of sp³-hybridized carbons (Fsp3) is 0.455. The van der Waals surface area contributed by atoms with Crippen molar-refractivity contribution in [3.05, 3.63) is 12.4 Å². The molecule has 0 amide bonds. The van der Waals surface area contributed by atoms with Crippen molar-refractivity contribution in [1.29, 1.82) is 0 Å². The molecule has 0 aliphatic heterocycles. The smallest absolute Gasteiger partial charge is 0.218 e. The van der Waals surface area contributed by atoms with Crippen LogP contribution in [-0.4, -0.2) is 23.6 Å². The Morgan fingerprint density at radius 1 is 1.47 bits per heavy atom. The molecule has 0 atom stereocenters. The van der Waals surface area contributed by atoms with E-state index in [1.54, 1.807) is 13.2 Å². The fourth-order valence-electron chi connectivity index (χ4n) is 1.12. The number of hydrogen-bond acceptors (Lipinski definition) is 4. The Kier molecular flexibility index (Phi) is 5.02. The Hall–Kier alpha value is -1.76. The van der Waals surface area contributed by atoms with Gasteiger partial charge < -0.3 is 10.1 Å².